The predicted molar refractivity (Wildman–Crippen MR) is 76.8 cm³/mol. The smallest absolute Gasteiger partial charge is 0.311 e. The molecule has 0 aliphatic carbocycles. The minimum Gasteiger partial charge on any atom is -0.466 e. The largest absolute Gasteiger partial charge is 0.466 e. The Labute approximate surface area is 117 Å². The van der Waals surface area contributed by atoms with Crippen molar-refractivity contribution in [1.29, 1.82) is 0 Å². The maximum Gasteiger partial charge on any atom is 0.311 e. The van der Waals surface area contributed by atoms with Crippen molar-refractivity contribution in [2.75, 3.05) is 6.61 Å². The van der Waals surface area contributed by atoms with Crippen molar-refractivity contribution in [3.05, 3.63) is 22.5 Å². The number of aromatic nitrogens is 2. The first kappa shape index (κ1) is 14.1. The van der Waals surface area contributed by atoms with Gasteiger partial charge in [-0.1, -0.05) is 20.3 Å². The standard InChI is InChI=1S/C14H20N2O2S/c1-4-7-11-12(5-2)16-10(8-13(17)18-6-3)9-19-14(16)15-11/h9H,4-8H2,1-3H3. The molecular weight excluding hydrogens is 260 g/mol. The summed E-state index contributed by atoms with van der Waals surface area (Å²) in [5, 5.41) is 2.01. The third-order valence-corrected chi connectivity index (χ3v) is 3.94. The van der Waals surface area contributed by atoms with Gasteiger partial charge in [0, 0.05) is 16.8 Å². The molecule has 4 nitrogen and oxygen atoms in total. The number of carbonyl (C=O) groups is 1. The summed E-state index contributed by atoms with van der Waals surface area (Å²) >= 11 is 1.59. The lowest BCUT2D eigenvalue weighted by atomic mass is 10.2. The average Bonchev–Trinajstić information content (AvgIpc) is 2.90. The van der Waals surface area contributed by atoms with Gasteiger partial charge in [0.2, 0.25) is 0 Å². The van der Waals surface area contributed by atoms with Gasteiger partial charge in [0.15, 0.2) is 4.96 Å². The van der Waals surface area contributed by atoms with Crippen LogP contribution in [-0.4, -0.2) is 22.0 Å². The Kier molecular flexibility index (Phi) is 4.58. The number of ether oxygens (including phenoxy) is 1. The van der Waals surface area contributed by atoms with Gasteiger partial charge in [-0.2, -0.15) is 0 Å². The fraction of sp³-hybridized carbons (Fsp3) is 0.571. The summed E-state index contributed by atoms with van der Waals surface area (Å²) in [6, 6.07) is 0. The van der Waals surface area contributed by atoms with Crippen molar-refractivity contribution in [1.82, 2.24) is 9.38 Å². The summed E-state index contributed by atoms with van der Waals surface area (Å²) < 4.78 is 7.16. The van der Waals surface area contributed by atoms with Gasteiger partial charge in [-0.25, -0.2) is 4.98 Å². The van der Waals surface area contributed by atoms with E-state index in [0.717, 1.165) is 29.9 Å². The number of esters is 1. The maximum atomic E-state index is 11.6. The number of aryl methyl sites for hydroxylation is 2. The zero-order chi connectivity index (χ0) is 13.8. The highest BCUT2D eigenvalue weighted by atomic mass is 32.1. The lowest BCUT2D eigenvalue weighted by molar-refractivity contribution is -0.142. The van der Waals surface area contributed by atoms with Gasteiger partial charge in [-0.05, 0) is 19.8 Å². The average molecular weight is 280 g/mol. The molecule has 2 heterocycles. The zero-order valence-electron chi connectivity index (χ0n) is 11.7. The number of rotatable bonds is 6. The van der Waals surface area contributed by atoms with E-state index in [0.29, 0.717) is 13.0 Å². The molecule has 0 bridgehead atoms. The highest BCUT2D eigenvalue weighted by Gasteiger charge is 2.16. The van der Waals surface area contributed by atoms with Crippen molar-refractivity contribution in [3.63, 3.8) is 0 Å². The number of hydrogen-bond acceptors (Lipinski definition) is 4. The van der Waals surface area contributed by atoms with E-state index in [9.17, 15) is 4.79 Å². The van der Waals surface area contributed by atoms with Gasteiger partial charge < -0.3 is 4.74 Å². The Morgan fingerprint density at radius 1 is 1.42 bits per heavy atom. The zero-order valence-corrected chi connectivity index (χ0v) is 12.5. The molecule has 0 spiro atoms. The monoisotopic (exact) mass is 280 g/mol. The molecule has 2 aromatic heterocycles. The van der Waals surface area contributed by atoms with E-state index in [1.165, 1.54) is 11.4 Å². The number of nitrogens with zero attached hydrogens (tertiary/aromatic N) is 2. The molecule has 0 saturated carbocycles. The van der Waals surface area contributed by atoms with Crippen LogP contribution in [0.3, 0.4) is 0 Å². The van der Waals surface area contributed by atoms with E-state index in [1.807, 2.05) is 12.3 Å². The van der Waals surface area contributed by atoms with Crippen LogP contribution >= 0.6 is 11.3 Å². The topological polar surface area (TPSA) is 43.6 Å². The van der Waals surface area contributed by atoms with Crippen LogP contribution in [0.2, 0.25) is 0 Å². The molecule has 2 aromatic rings. The normalized spacial score (nSPS) is 11.1. The van der Waals surface area contributed by atoms with E-state index < -0.39 is 0 Å². The van der Waals surface area contributed by atoms with Crippen molar-refractivity contribution in [2.24, 2.45) is 0 Å². The summed E-state index contributed by atoms with van der Waals surface area (Å²) in [6.45, 7) is 6.55. The van der Waals surface area contributed by atoms with E-state index in [2.05, 4.69) is 23.2 Å². The molecule has 0 N–H and O–H groups in total. The van der Waals surface area contributed by atoms with Gasteiger partial charge in [-0.15, -0.1) is 11.3 Å². The maximum absolute atomic E-state index is 11.6. The van der Waals surface area contributed by atoms with Crippen molar-refractivity contribution in [3.8, 4) is 0 Å². The van der Waals surface area contributed by atoms with Crippen LogP contribution in [0.5, 0.6) is 0 Å². The predicted octanol–water partition coefficient (Wildman–Crippen LogP) is 3.02. The van der Waals surface area contributed by atoms with Gasteiger partial charge in [0.05, 0.1) is 18.7 Å². The summed E-state index contributed by atoms with van der Waals surface area (Å²) in [5.41, 5.74) is 3.39. The number of hydrogen-bond donors (Lipinski definition) is 0. The van der Waals surface area contributed by atoms with Gasteiger partial charge >= 0.3 is 5.97 Å². The first-order valence-corrected chi connectivity index (χ1v) is 7.71. The molecule has 19 heavy (non-hydrogen) atoms. The highest BCUT2D eigenvalue weighted by molar-refractivity contribution is 7.15. The molecule has 0 amide bonds. The second-order valence-corrected chi connectivity index (χ2v) is 5.27. The van der Waals surface area contributed by atoms with Crippen LogP contribution in [0, 0.1) is 0 Å². The third-order valence-electron chi connectivity index (χ3n) is 3.06. The van der Waals surface area contributed by atoms with Crippen LogP contribution in [0.1, 0.15) is 44.3 Å². The van der Waals surface area contributed by atoms with E-state index in [1.54, 1.807) is 11.3 Å². The first-order valence-electron chi connectivity index (χ1n) is 6.83. The lowest BCUT2D eigenvalue weighted by Gasteiger charge is -2.04. The number of imidazole rings is 1. The van der Waals surface area contributed by atoms with Crippen molar-refractivity contribution < 1.29 is 9.53 Å². The van der Waals surface area contributed by atoms with Crippen LogP contribution in [0.4, 0.5) is 0 Å². The molecule has 0 fully saturated rings. The molecule has 0 unspecified atom stereocenters. The summed E-state index contributed by atoms with van der Waals surface area (Å²) in [7, 11) is 0. The molecule has 0 aromatic carbocycles. The summed E-state index contributed by atoms with van der Waals surface area (Å²) in [5.74, 6) is -0.171. The van der Waals surface area contributed by atoms with Crippen LogP contribution < -0.4 is 0 Å². The van der Waals surface area contributed by atoms with Crippen LogP contribution in [-0.2, 0) is 28.8 Å². The Morgan fingerprint density at radius 2 is 2.21 bits per heavy atom. The second-order valence-electron chi connectivity index (χ2n) is 4.44. The Morgan fingerprint density at radius 3 is 2.84 bits per heavy atom. The number of carbonyl (C=O) groups excluding carboxylic acids is 1. The second kappa shape index (κ2) is 6.19. The SMILES string of the molecule is CCCc1nc2scc(CC(=O)OCC)n2c1CC. The van der Waals surface area contributed by atoms with Gasteiger partial charge in [0.1, 0.15) is 0 Å². The molecular formula is C14H20N2O2S. The fourth-order valence-corrected chi connectivity index (χ4v) is 3.23. The van der Waals surface area contributed by atoms with Crippen LogP contribution in [0.15, 0.2) is 5.38 Å². The molecule has 0 atom stereocenters. The quantitative estimate of drug-likeness (QED) is 0.764. The Balaban J connectivity index is 2.37. The molecule has 5 heteroatoms. The van der Waals surface area contributed by atoms with Crippen LogP contribution in [0.25, 0.3) is 4.96 Å². The molecule has 0 saturated heterocycles. The summed E-state index contributed by atoms with van der Waals surface area (Å²) in [4.78, 5) is 17.3. The lowest BCUT2D eigenvalue weighted by Crippen LogP contribution is -2.10. The van der Waals surface area contributed by atoms with Gasteiger partial charge in [0.25, 0.3) is 0 Å². The number of thiazole rings is 1. The fourth-order valence-electron chi connectivity index (χ4n) is 2.30. The molecule has 104 valence electrons. The summed E-state index contributed by atoms with van der Waals surface area (Å²) in [6.07, 6.45) is 3.34. The third kappa shape index (κ3) is 2.81. The first-order chi connectivity index (χ1) is 9.21. The molecule has 0 aliphatic heterocycles. The molecule has 2 rings (SSSR count). The van der Waals surface area contributed by atoms with E-state index in [-0.39, 0.29) is 5.97 Å². The highest BCUT2D eigenvalue weighted by Crippen LogP contribution is 2.23. The Bertz CT molecular complexity index is 571. The Hall–Kier alpha value is -1.36. The van der Waals surface area contributed by atoms with Crippen molar-refractivity contribution in [2.45, 2.75) is 46.5 Å². The minimum atomic E-state index is -0.171. The molecule has 0 radical (unpaired) electrons. The van der Waals surface area contributed by atoms with E-state index >= 15 is 0 Å². The minimum absolute atomic E-state index is 0.171. The number of fused-ring (bicyclic) bond motifs is 1. The molecule has 0 aliphatic rings. The van der Waals surface area contributed by atoms with Gasteiger partial charge in [-0.3, -0.25) is 9.20 Å². The van der Waals surface area contributed by atoms with E-state index in [4.69, 9.17) is 4.74 Å². The van der Waals surface area contributed by atoms with Crippen molar-refractivity contribution >= 4 is 22.3 Å².